The molecule has 6 rings (SSSR count). The van der Waals surface area contributed by atoms with Crippen molar-refractivity contribution in [2.24, 2.45) is 22.7 Å². The number of nitrogens with two attached hydrogens (primary N) is 1. The lowest BCUT2D eigenvalue weighted by atomic mass is 9.86. The first kappa shape index (κ1) is 51.0. The summed E-state index contributed by atoms with van der Waals surface area (Å²) in [6.07, 6.45) is 9.97. The predicted molar refractivity (Wildman–Crippen MR) is 242 cm³/mol. The Hall–Kier alpha value is -4.18. The van der Waals surface area contributed by atoms with Crippen LogP contribution in [-0.4, -0.2) is 67.3 Å². The molecule has 3 aliphatic rings. The molecule has 0 unspecified atom stereocenters. The van der Waals surface area contributed by atoms with E-state index in [0.717, 1.165) is 71.1 Å². The van der Waals surface area contributed by atoms with Gasteiger partial charge in [0.25, 0.3) is 0 Å². The smallest absolute Gasteiger partial charge is 0.407 e. The van der Waals surface area contributed by atoms with Crippen LogP contribution in [0.25, 0.3) is 10.4 Å². The maximum absolute atomic E-state index is 11.6. The highest BCUT2D eigenvalue weighted by Gasteiger charge is 2.25. The fraction of sp³-hybridized carbons (Fsp3) is 0.565. The second-order valence-electron chi connectivity index (χ2n) is 17.0. The quantitative estimate of drug-likeness (QED) is 0.0879. The summed E-state index contributed by atoms with van der Waals surface area (Å²) in [4.78, 5) is 25.9. The first-order valence-corrected chi connectivity index (χ1v) is 22.3. The highest BCUT2D eigenvalue weighted by Crippen LogP contribution is 2.32. The molecule has 12 nitrogen and oxygen atoms in total. The van der Waals surface area contributed by atoms with Gasteiger partial charge in [-0.15, -0.1) is 0 Å². The Kier molecular flexibility index (Phi) is 23.8. The van der Waals surface area contributed by atoms with E-state index in [0.29, 0.717) is 18.4 Å². The molecule has 0 bridgehead atoms. The zero-order valence-corrected chi connectivity index (χ0v) is 37.2. The number of nitrogens with zero attached hydrogens (tertiary/aromatic N) is 3. The topological polar surface area (TPSA) is 192 Å². The molecular formula is C46H71N6O6P. The number of hydrogen-bond acceptors (Lipinski definition) is 7. The number of ether oxygens (including phenoxy) is 3. The molecule has 2 amide bonds. The standard InChI is InChI=1S/C18H15P.C12H22N4O2.C12H24N2O2.C4H8O.H2O/c1-4-10-16(11-5-1)19(17-12-6-2-7-13-17)18-14-8-3-9-15-18;1-12(2,3)18-11(17)15-10-6-4-9(5-7-10)8-14-16-13;1-12(2,3)16-11(15)14-10-6-4-9(8-13)5-7-10;1-2-4-5-3-1;/h1-15H;9-10H,4-8H2,1-3H3,(H,15,17);9-10H,4-8,13H2,1-3H3,(H,14,15);1-4H2;1H2. The number of nitrogens with one attached hydrogen (secondary N) is 2. The van der Waals surface area contributed by atoms with Gasteiger partial charge in [0.05, 0.1) is 0 Å². The maximum Gasteiger partial charge on any atom is 0.407 e. The average molecular weight is 835 g/mol. The Morgan fingerprint density at radius 2 is 1.03 bits per heavy atom. The van der Waals surface area contributed by atoms with Gasteiger partial charge < -0.3 is 36.1 Å². The second-order valence-corrected chi connectivity index (χ2v) is 19.3. The van der Waals surface area contributed by atoms with Crippen LogP contribution in [0.3, 0.4) is 0 Å². The Balaban J connectivity index is 0.000000286. The summed E-state index contributed by atoms with van der Waals surface area (Å²) in [5.74, 6) is 1.09. The SMILES string of the molecule is C1CCOC1.CC(C)(C)OC(=O)NC1CCC(CN)CC1.CC(C)(C)OC(=O)NC1CCC(CN=[N+]=[N-])CC1.O.c1ccc(P(c2ccccc2)c2ccccc2)cc1. The van der Waals surface area contributed by atoms with Gasteiger partial charge in [0.15, 0.2) is 0 Å². The maximum atomic E-state index is 11.6. The molecule has 13 heteroatoms. The lowest BCUT2D eigenvalue weighted by Crippen LogP contribution is -2.41. The van der Waals surface area contributed by atoms with Crippen LogP contribution in [0, 0.1) is 11.8 Å². The van der Waals surface area contributed by atoms with Crippen LogP contribution in [0.5, 0.6) is 0 Å². The largest absolute Gasteiger partial charge is 0.444 e. The normalized spacial score (nSPS) is 19.9. The molecular weight excluding hydrogens is 764 g/mol. The van der Waals surface area contributed by atoms with Crippen LogP contribution < -0.4 is 32.3 Å². The monoisotopic (exact) mass is 835 g/mol. The molecule has 1 aliphatic heterocycles. The van der Waals surface area contributed by atoms with Crippen LogP contribution in [0.2, 0.25) is 0 Å². The summed E-state index contributed by atoms with van der Waals surface area (Å²) in [7, 11) is -0.446. The molecule has 2 aliphatic carbocycles. The van der Waals surface area contributed by atoms with E-state index in [-0.39, 0.29) is 29.7 Å². The second kappa shape index (κ2) is 27.6. The summed E-state index contributed by atoms with van der Waals surface area (Å²) < 4.78 is 15.4. The van der Waals surface area contributed by atoms with Crippen molar-refractivity contribution in [2.75, 3.05) is 26.3 Å². The fourth-order valence-corrected chi connectivity index (χ4v) is 9.13. The van der Waals surface area contributed by atoms with Gasteiger partial charge in [-0.2, -0.15) is 0 Å². The summed E-state index contributed by atoms with van der Waals surface area (Å²) in [5, 5.41) is 13.6. The van der Waals surface area contributed by atoms with E-state index in [2.05, 4.69) is 112 Å². The Morgan fingerprint density at radius 1 is 0.678 bits per heavy atom. The minimum absolute atomic E-state index is 0. The summed E-state index contributed by atoms with van der Waals surface area (Å²) in [5.41, 5.74) is 13.0. The minimum Gasteiger partial charge on any atom is -0.444 e. The molecule has 3 fully saturated rings. The highest BCUT2D eigenvalue weighted by molar-refractivity contribution is 7.79. The fourth-order valence-electron chi connectivity index (χ4n) is 6.82. The molecule has 3 aromatic rings. The number of hydrogen-bond donors (Lipinski definition) is 3. The third-order valence-electron chi connectivity index (χ3n) is 9.74. The number of alkyl carbamates (subject to hydrolysis) is 2. The van der Waals surface area contributed by atoms with Crippen LogP contribution >= 0.6 is 7.92 Å². The van der Waals surface area contributed by atoms with Crippen LogP contribution in [0.1, 0.15) is 106 Å². The Labute approximate surface area is 354 Å². The van der Waals surface area contributed by atoms with E-state index in [9.17, 15) is 9.59 Å². The van der Waals surface area contributed by atoms with Crippen molar-refractivity contribution in [3.8, 4) is 0 Å². The molecule has 1 saturated heterocycles. The molecule has 0 radical (unpaired) electrons. The van der Waals surface area contributed by atoms with Crippen molar-refractivity contribution in [3.05, 3.63) is 101 Å². The van der Waals surface area contributed by atoms with Gasteiger partial charge in [-0.1, -0.05) is 96.1 Å². The van der Waals surface area contributed by atoms with Gasteiger partial charge in [-0.3, -0.25) is 0 Å². The molecule has 2 saturated carbocycles. The first-order chi connectivity index (χ1) is 27.8. The minimum atomic E-state index is -0.456. The predicted octanol–water partition coefficient (Wildman–Crippen LogP) is 8.83. The highest BCUT2D eigenvalue weighted by atomic mass is 31.1. The molecule has 0 aromatic heterocycles. The van der Waals surface area contributed by atoms with Gasteiger partial charge in [0.1, 0.15) is 11.2 Å². The van der Waals surface area contributed by atoms with Crippen molar-refractivity contribution < 1.29 is 29.3 Å². The third kappa shape index (κ3) is 22.1. The number of carbonyl (C=O) groups excluding carboxylic acids is 2. The van der Waals surface area contributed by atoms with E-state index in [4.69, 9.17) is 25.5 Å². The molecule has 0 spiro atoms. The first-order valence-electron chi connectivity index (χ1n) is 21.0. The van der Waals surface area contributed by atoms with Gasteiger partial charge in [0.2, 0.25) is 0 Å². The summed E-state index contributed by atoms with van der Waals surface area (Å²) in [6, 6.07) is 32.8. The zero-order chi connectivity index (χ0) is 42.2. The van der Waals surface area contributed by atoms with Crippen LogP contribution in [0.15, 0.2) is 96.1 Å². The van der Waals surface area contributed by atoms with Crippen LogP contribution in [-0.2, 0) is 14.2 Å². The van der Waals surface area contributed by atoms with Crippen molar-refractivity contribution in [1.29, 1.82) is 0 Å². The van der Waals surface area contributed by atoms with Crippen molar-refractivity contribution in [3.63, 3.8) is 0 Å². The van der Waals surface area contributed by atoms with Gasteiger partial charge in [-0.05, 0) is 153 Å². The lowest BCUT2D eigenvalue weighted by molar-refractivity contribution is 0.0476. The molecule has 326 valence electrons. The van der Waals surface area contributed by atoms with E-state index in [1.54, 1.807) is 0 Å². The van der Waals surface area contributed by atoms with E-state index in [1.165, 1.54) is 28.8 Å². The summed E-state index contributed by atoms with van der Waals surface area (Å²) in [6.45, 7) is 14.5. The number of rotatable bonds is 8. The van der Waals surface area contributed by atoms with E-state index >= 15 is 0 Å². The number of carbonyl (C=O) groups is 2. The molecule has 6 N–H and O–H groups in total. The lowest BCUT2D eigenvalue weighted by Gasteiger charge is -2.29. The van der Waals surface area contributed by atoms with Crippen molar-refractivity contribution in [1.82, 2.24) is 10.6 Å². The number of benzene rings is 3. The van der Waals surface area contributed by atoms with Gasteiger partial charge in [-0.25, -0.2) is 9.59 Å². The van der Waals surface area contributed by atoms with E-state index in [1.807, 2.05) is 41.5 Å². The van der Waals surface area contributed by atoms with Gasteiger partial charge >= 0.3 is 12.2 Å². The van der Waals surface area contributed by atoms with Crippen molar-refractivity contribution in [2.45, 2.75) is 129 Å². The average Bonchev–Trinajstić information content (AvgIpc) is 3.79. The zero-order valence-electron chi connectivity index (χ0n) is 36.3. The molecule has 0 atom stereocenters. The van der Waals surface area contributed by atoms with Gasteiger partial charge in [0, 0.05) is 36.8 Å². The molecule has 3 aromatic carbocycles. The summed E-state index contributed by atoms with van der Waals surface area (Å²) >= 11 is 0. The third-order valence-corrected chi connectivity index (χ3v) is 12.2. The molecule has 1 heterocycles. The van der Waals surface area contributed by atoms with Crippen molar-refractivity contribution >= 4 is 36.0 Å². The van der Waals surface area contributed by atoms with Crippen LogP contribution in [0.4, 0.5) is 9.59 Å². The van der Waals surface area contributed by atoms with E-state index < -0.39 is 19.1 Å². The Morgan fingerprint density at radius 3 is 1.32 bits per heavy atom. The number of amides is 2. The molecule has 59 heavy (non-hydrogen) atoms. The number of azide groups is 1. The Bertz CT molecular complexity index is 1510.